The number of fused-ring (bicyclic) bond motifs is 1. The molecule has 0 aliphatic heterocycles. The molecule has 0 radical (unpaired) electrons. The van der Waals surface area contributed by atoms with Crippen molar-refractivity contribution in [3.63, 3.8) is 0 Å². The van der Waals surface area contributed by atoms with Gasteiger partial charge in [-0.2, -0.15) is 13.2 Å². The molecule has 23 heavy (non-hydrogen) atoms. The first-order valence-electron chi connectivity index (χ1n) is 6.96. The number of methoxy groups -OCH3 is 1. The summed E-state index contributed by atoms with van der Waals surface area (Å²) in [6.45, 7) is 0. The molecule has 0 unspecified atom stereocenters. The molecule has 2 aromatic heterocycles. The maximum atomic E-state index is 12.9. The van der Waals surface area contributed by atoms with Crippen LogP contribution in [0.4, 0.5) is 19.0 Å². The van der Waals surface area contributed by atoms with Crippen LogP contribution in [0.3, 0.4) is 0 Å². The van der Waals surface area contributed by atoms with Gasteiger partial charge in [-0.25, -0.2) is 15.0 Å². The van der Waals surface area contributed by atoms with Crippen molar-refractivity contribution in [1.29, 1.82) is 0 Å². The summed E-state index contributed by atoms with van der Waals surface area (Å²) in [4.78, 5) is 22.4. The summed E-state index contributed by atoms with van der Waals surface area (Å²) in [5.74, 6) is -2.21. The van der Waals surface area contributed by atoms with Crippen LogP contribution in [-0.2, 0) is 15.7 Å². The Bertz CT molecular complexity index is 758. The quantitative estimate of drug-likeness (QED) is 0.846. The number of carbonyl (C=O) groups is 1. The molecule has 1 aliphatic carbocycles. The maximum Gasteiger partial charge on any atom is 0.451 e. The minimum atomic E-state index is -4.69. The summed E-state index contributed by atoms with van der Waals surface area (Å²) >= 11 is 0. The van der Waals surface area contributed by atoms with Crippen LogP contribution in [0.25, 0.3) is 11.2 Å². The Labute approximate surface area is 128 Å². The highest BCUT2D eigenvalue weighted by Crippen LogP contribution is 2.37. The van der Waals surface area contributed by atoms with E-state index in [9.17, 15) is 18.0 Å². The molecule has 2 atom stereocenters. The van der Waals surface area contributed by atoms with Crippen molar-refractivity contribution in [2.45, 2.75) is 31.5 Å². The molecule has 0 bridgehead atoms. The van der Waals surface area contributed by atoms with E-state index in [1.807, 2.05) is 0 Å². The Kier molecular flexibility index (Phi) is 3.61. The number of hydrogen-bond acceptors (Lipinski definition) is 6. The zero-order valence-electron chi connectivity index (χ0n) is 12.2. The van der Waals surface area contributed by atoms with Gasteiger partial charge in [0.2, 0.25) is 5.82 Å². The van der Waals surface area contributed by atoms with Crippen LogP contribution in [0.5, 0.6) is 0 Å². The zero-order valence-corrected chi connectivity index (χ0v) is 12.2. The van der Waals surface area contributed by atoms with Crippen molar-refractivity contribution in [1.82, 2.24) is 19.5 Å². The van der Waals surface area contributed by atoms with Crippen molar-refractivity contribution in [2.24, 2.45) is 5.92 Å². The topological polar surface area (TPSA) is 95.9 Å². The Morgan fingerprint density at radius 3 is 2.78 bits per heavy atom. The van der Waals surface area contributed by atoms with Crippen LogP contribution in [0.15, 0.2) is 6.33 Å². The van der Waals surface area contributed by atoms with E-state index in [-0.39, 0.29) is 34.9 Å². The number of rotatable bonds is 2. The third-order valence-corrected chi connectivity index (χ3v) is 4.03. The average Bonchev–Trinajstić information content (AvgIpc) is 3.11. The van der Waals surface area contributed by atoms with Crippen LogP contribution in [0.1, 0.15) is 31.1 Å². The van der Waals surface area contributed by atoms with E-state index >= 15 is 0 Å². The van der Waals surface area contributed by atoms with E-state index in [0.717, 1.165) is 0 Å². The first kappa shape index (κ1) is 15.5. The zero-order chi connectivity index (χ0) is 16.8. The van der Waals surface area contributed by atoms with E-state index in [1.54, 1.807) is 0 Å². The fourth-order valence-corrected chi connectivity index (χ4v) is 2.92. The van der Waals surface area contributed by atoms with Crippen molar-refractivity contribution >= 4 is 23.0 Å². The molecule has 124 valence electrons. The SMILES string of the molecule is COC(=O)[C@@H]1CC[C@@H](n2cnc3c(N)nc(C(F)(F)F)nc32)C1. The molecule has 2 N–H and O–H groups in total. The number of nitrogens with two attached hydrogens (primary N) is 1. The highest BCUT2D eigenvalue weighted by molar-refractivity contribution is 5.81. The van der Waals surface area contributed by atoms with Gasteiger partial charge in [0.1, 0.15) is 5.52 Å². The second kappa shape index (κ2) is 5.36. The molecule has 1 fully saturated rings. The Morgan fingerprint density at radius 1 is 1.39 bits per heavy atom. The van der Waals surface area contributed by atoms with Crippen LogP contribution < -0.4 is 5.73 Å². The van der Waals surface area contributed by atoms with Crippen LogP contribution >= 0.6 is 0 Å². The number of imidazole rings is 1. The van der Waals surface area contributed by atoms with E-state index < -0.39 is 12.0 Å². The molecule has 0 saturated heterocycles. The van der Waals surface area contributed by atoms with Gasteiger partial charge in [-0.3, -0.25) is 4.79 Å². The number of esters is 1. The molecule has 7 nitrogen and oxygen atoms in total. The lowest BCUT2D eigenvalue weighted by atomic mass is 10.1. The summed E-state index contributed by atoms with van der Waals surface area (Å²) in [5, 5.41) is 0. The molecule has 0 aromatic carbocycles. The third-order valence-electron chi connectivity index (χ3n) is 4.03. The minimum Gasteiger partial charge on any atom is -0.469 e. The van der Waals surface area contributed by atoms with Gasteiger partial charge in [0, 0.05) is 6.04 Å². The van der Waals surface area contributed by atoms with Gasteiger partial charge in [0.05, 0.1) is 19.4 Å². The molecule has 0 amide bonds. The van der Waals surface area contributed by atoms with Gasteiger partial charge in [0.15, 0.2) is 11.5 Å². The summed E-state index contributed by atoms with van der Waals surface area (Å²) < 4.78 is 44.8. The largest absolute Gasteiger partial charge is 0.469 e. The molecule has 3 rings (SSSR count). The molecule has 0 spiro atoms. The summed E-state index contributed by atoms with van der Waals surface area (Å²) in [7, 11) is 1.31. The number of anilines is 1. The Balaban J connectivity index is 1.99. The lowest BCUT2D eigenvalue weighted by Gasteiger charge is -2.13. The number of nitrogens with zero attached hydrogens (tertiary/aromatic N) is 4. The van der Waals surface area contributed by atoms with Crippen LogP contribution in [0, 0.1) is 5.92 Å². The second-order valence-corrected chi connectivity index (χ2v) is 5.44. The van der Waals surface area contributed by atoms with E-state index in [0.29, 0.717) is 19.3 Å². The fourth-order valence-electron chi connectivity index (χ4n) is 2.92. The summed E-state index contributed by atoms with van der Waals surface area (Å²) in [6.07, 6.45) is -1.62. The van der Waals surface area contributed by atoms with Gasteiger partial charge in [-0.05, 0) is 19.3 Å². The normalized spacial score (nSPS) is 21.7. The number of carbonyl (C=O) groups excluding carboxylic acids is 1. The molecule has 2 heterocycles. The van der Waals surface area contributed by atoms with Crippen molar-refractivity contribution in [2.75, 3.05) is 12.8 Å². The minimum absolute atomic E-state index is 0.0281. The maximum absolute atomic E-state index is 12.9. The van der Waals surface area contributed by atoms with Gasteiger partial charge in [0.25, 0.3) is 0 Å². The molecule has 10 heteroatoms. The van der Waals surface area contributed by atoms with E-state index in [2.05, 4.69) is 15.0 Å². The predicted molar refractivity (Wildman–Crippen MR) is 73.1 cm³/mol. The number of alkyl halides is 3. The summed E-state index contributed by atoms with van der Waals surface area (Å²) in [6, 6.07) is -0.181. The fraction of sp³-hybridized carbons (Fsp3) is 0.538. The second-order valence-electron chi connectivity index (χ2n) is 5.44. The lowest BCUT2D eigenvalue weighted by molar-refractivity contribution is -0.145. The van der Waals surface area contributed by atoms with E-state index in [1.165, 1.54) is 18.0 Å². The highest BCUT2D eigenvalue weighted by atomic mass is 19.4. The monoisotopic (exact) mass is 329 g/mol. The average molecular weight is 329 g/mol. The highest BCUT2D eigenvalue weighted by Gasteiger charge is 2.37. The standard InChI is InChI=1S/C13H14F3N5O2/c1-23-11(22)6-2-3-7(4-6)21-5-18-8-9(17)19-12(13(14,15)16)20-10(8)21/h5-7H,2-4H2,1H3,(H2,17,19,20)/t6-,7-/m1/s1. The summed E-state index contributed by atoms with van der Waals surface area (Å²) in [5.41, 5.74) is 5.71. The predicted octanol–water partition coefficient (Wildman–Crippen LogP) is 1.94. The van der Waals surface area contributed by atoms with Gasteiger partial charge in [-0.15, -0.1) is 0 Å². The molecule has 2 aromatic rings. The lowest BCUT2D eigenvalue weighted by Crippen LogP contribution is -2.15. The number of halogens is 3. The van der Waals surface area contributed by atoms with Crippen molar-refractivity contribution < 1.29 is 22.7 Å². The first-order chi connectivity index (χ1) is 10.8. The van der Waals surface area contributed by atoms with Gasteiger partial charge in [-0.1, -0.05) is 0 Å². The van der Waals surface area contributed by atoms with Crippen molar-refractivity contribution in [3.8, 4) is 0 Å². The van der Waals surface area contributed by atoms with Crippen LogP contribution in [0.2, 0.25) is 0 Å². The van der Waals surface area contributed by atoms with E-state index in [4.69, 9.17) is 10.5 Å². The Morgan fingerprint density at radius 2 is 2.13 bits per heavy atom. The van der Waals surface area contributed by atoms with Crippen molar-refractivity contribution in [3.05, 3.63) is 12.2 Å². The Hall–Kier alpha value is -2.39. The van der Waals surface area contributed by atoms with Crippen LogP contribution in [-0.4, -0.2) is 32.6 Å². The molecule has 1 saturated carbocycles. The van der Waals surface area contributed by atoms with Gasteiger partial charge >= 0.3 is 12.1 Å². The number of aromatic nitrogens is 4. The van der Waals surface area contributed by atoms with Gasteiger partial charge < -0.3 is 15.0 Å². The first-order valence-corrected chi connectivity index (χ1v) is 6.96. The number of hydrogen-bond donors (Lipinski definition) is 1. The molecular formula is C13H14F3N5O2. The smallest absolute Gasteiger partial charge is 0.451 e. The number of nitrogen functional groups attached to an aromatic ring is 1. The molecular weight excluding hydrogens is 315 g/mol. The number of ether oxygens (including phenoxy) is 1. The molecule has 1 aliphatic rings. The third kappa shape index (κ3) is 2.68.